The lowest BCUT2D eigenvalue weighted by Crippen LogP contribution is -2.42. The predicted octanol–water partition coefficient (Wildman–Crippen LogP) is 3.39. The summed E-state index contributed by atoms with van der Waals surface area (Å²) < 4.78 is 30.5. The Bertz CT molecular complexity index is 1230. The number of nitrogens with zero attached hydrogens (tertiary/aromatic N) is 3. The molecule has 1 atom stereocenters. The van der Waals surface area contributed by atoms with Crippen LogP contribution in [0.4, 0.5) is 5.13 Å². The highest BCUT2D eigenvalue weighted by molar-refractivity contribution is 7.89. The van der Waals surface area contributed by atoms with Gasteiger partial charge in [-0.2, -0.15) is 4.72 Å². The van der Waals surface area contributed by atoms with Crippen molar-refractivity contribution >= 4 is 32.4 Å². The maximum absolute atomic E-state index is 13.1. The Hall–Kier alpha value is -2.56. The highest BCUT2D eigenvalue weighted by atomic mass is 32.2. The second kappa shape index (κ2) is 8.52. The summed E-state index contributed by atoms with van der Waals surface area (Å²) in [6.45, 7) is 10.7. The van der Waals surface area contributed by atoms with Gasteiger partial charge >= 0.3 is 0 Å². The van der Waals surface area contributed by atoms with Crippen molar-refractivity contribution in [2.45, 2.75) is 52.5 Å². The number of amides is 1. The molecular weight excluding hydrogens is 434 g/mol. The van der Waals surface area contributed by atoms with Gasteiger partial charge in [0.25, 0.3) is 0 Å². The molecule has 0 aliphatic heterocycles. The van der Waals surface area contributed by atoms with Crippen LogP contribution in [0.15, 0.2) is 23.4 Å². The van der Waals surface area contributed by atoms with Crippen LogP contribution in [-0.4, -0.2) is 34.9 Å². The van der Waals surface area contributed by atoms with Crippen LogP contribution in [0.25, 0.3) is 10.7 Å². The first kappa shape index (κ1) is 23.1. The molecule has 0 aliphatic carbocycles. The van der Waals surface area contributed by atoms with Crippen molar-refractivity contribution in [1.82, 2.24) is 19.3 Å². The molecule has 0 bridgehead atoms. The second-order valence-electron chi connectivity index (χ2n) is 7.72. The summed E-state index contributed by atoms with van der Waals surface area (Å²) in [7, 11) is -2.01. The molecule has 1 aromatic carbocycles. The Morgan fingerprint density at radius 2 is 1.74 bits per heavy atom. The third kappa shape index (κ3) is 4.56. The molecule has 8 nitrogen and oxygen atoms in total. The fraction of sp³-hybridized carbons (Fsp3) is 0.381. The smallest absolute Gasteiger partial charge is 0.244 e. The van der Waals surface area contributed by atoms with Gasteiger partial charge in [0, 0.05) is 19.4 Å². The molecule has 0 fully saturated rings. The van der Waals surface area contributed by atoms with E-state index in [2.05, 4.69) is 20.0 Å². The van der Waals surface area contributed by atoms with E-state index in [1.807, 2.05) is 44.6 Å². The fourth-order valence-electron chi connectivity index (χ4n) is 3.38. The number of hydrogen-bond acceptors (Lipinski definition) is 6. The first-order valence-corrected chi connectivity index (χ1v) is 12.1. The minimum Gasteiger partial charge on any atom is -0.333 e. The lowest BCUT2D eigenvalue weighted by atomic mass is 10.0. The summed E-state index contributed by atoms with van der Waals surface area (Å²) in [4.78, 5) is 22.5. The van der Waals surface area contributed by atoms with Gasteiger partial charge in [-0.15, -0.1) is 0 Å². The van der Waals surface area contributed by atoms with Gasteiger partial charge in [0.1, 0.15) is 0 Å². The summed E-state index contributed by atoms with van der Waals surface area (Å²) >= 11 is 1.30. The standard InChI is InChI=1S/C21H27N5O3S2/c1-11-10-12(2)14(4)18(13(11)3)31(28,29)25-16(6)20(27)24-21-23-15(5)17(30-21)19-22-8-9-26(19)7/h8-10,16,25H,1-7H3,(H,23,24,27)/t16-/m0/s1. The first-order valence-electron chi connectivity index (χ1n) is 9.78. The highest BCUT2D eigenvalue weighted by Gasteiger charge is 2.27. The van der Waals surface area contributed by atoms with E-state index in [0.717, 1.165) is 27.5 Å². The second-order valence-corrected chi connectivity index (χ2v) is 10.4. The van der Waals surface area contributed by atoms with Crippen molar-refractivity contribution in [2.75, 3.05) is 5.32 Å². The number of carbonyl (C=O) groups excluding carboxylic acids is 1. The van der Waals surface area contributed by atoms with Crippen molar-refractivity contribution in [3.63, 3.8) is 0 Å². The number of aryl methyl sites for hydroxylation is 4. The van der Waals surface area contributed by atoms with E-state index in [1.165, 1.54) is 18.3 Å². The molecule has 31 heavy (non-hydrogen) atoms. The zero-order valence-electron chi connectivity index (χ0n) is 18.7. The molecule has 0 radical (unpaired) electrons. The number of hydrogen-bond donors (Lipinski definition) is 2. The van der Waals surface area contributed by atoms with Gasteiger partial charge in [0.05, 0.1) is 21.5 Å². The summed E-state index contributed by atoms with van der Waals surface area (Å²) in [5.41, 5.74) is 3.88. The van der Waals surface area contributed by atoms with Gasteiger partial charge < -0.3 is 9.88 Å². The van der Waals surface area contributed by atoms with Crippen LogP contribution in [0.3, 0.4) is 0 Å². The van der Waals surface area contributed by atoms with Gasteiger partial charge in [-0.05, 0) is 63.8 Å². The molecule has 0 unspecified atom stereocenters. The van der Waals surface area contributed by atoms with Crippen LogP contribution < -0.4 is 10.0 Å². The number of benzene rings is 1. The van der Waals surface area contributed by atoms with Gasteiger partial charge in [0.15, 0.2) is 11.0 Å². The van der Waals surface area contributed by atoms with Crippen molar-refractivity contribution in [1.29, 1.82) is 0 Å². The Labute approximate surface area is 186 Å². The van der Waals surface area contributed by atoms with E-state index in [0.29, 0.717) is 16.3 Å². The average molecular weight is 462 g/mol. The summed E-state index contributed by atoms with van der Waals surface area (Å²) in [6.07, 6.45) is 3.53. The van der Waals surface area contributed by atoms with E-state index < -0.39 is 22.0 Å². The van der Waals surface area contributed by atoms with Crippen LogP contribution >= 0.6 is 11.3 Å². The zero-order chi connectivity index (χ0) is 23.1. The lowest BCUT2D eigenvalue weighted by molar-refractivity contribution is -0.117. The first-order chi connectivity index (χ1) is 14.4. The Morgan fingerprint density at radius 3 is 2.29 bits per heavy atom. The Kier molecular flexibility index (Phi) is 6.35. The summed E-state index contributed by atoms with van der Waals surface area (Å²) in [5, 5.41) is 3.11. The molecule has 2 heterocycles. The number of rotatable bonds is 6. The molecule has 3 rings (SSSR count). The lowest BCUT2D eigenvalue weighted by Gasteiger charge is -2.18. The zero-order valence-corrected chi connectivity index (χ0v) is 20.3. The highest BCUT2D eigenvalue weighted by Crippen LogP contribution is 2.31. The molecule has 3 aromatic rings. The van der Waals surface area contributed by atoms with Crippen molar-refractivity contribution in [2.24, 2.45) is 7.05 Å². The summed E-state index contributed by atoms with van der Waals surface area (Å²) in [5.74, 6) is 0.272. The molecule has 0 saturated carbocycles. The number of nitrogens with one attached hydrogen (secondary N) is 2. The van der Waals surface area contributed by atoms with Crippen LogP contribution in [0.5, 0.6) is 0 Å². The number of carbonyl (C=O) groups is 1. The van der Waals surface area contributed by atoms with Crippen molar-refractivity contribution in [3.05, 3.63) is 46.4 Å². The van der Waals surface area contributed by atoms with E-state index in [1.54, 1.807) is 20.0 Å². The van der Waals surface area contributed by atoms with E-state index >= 15 is 0 Å². The van der Waals surface area contributed by atoms with Crippen molar-refractivity contribution < 1.29 is 13.2 Å². The normalized spacial score (nSPS) is 12.7. The van der Waals surface area contributed by atoms with E-state index in [4.69, 9.17) is 0 Å². The van der Waals surface area contributed by atoms with Gasteiger partial charge in [-0.1, -0.05) is 17.4 Å². The maximum atomic E-state index is 13.1. The number of aromatic nitrogens is 3. The Morgan fingerprint density at radius 1 is 1.13 bits per heavy atom. The van der Waals surface area contributed by atoms with Crippen LogP contribution in [0.2, 0.25) is 0 Å². The van der Waals surface area contributed by atoms with Crippen molar-refractivity contribution in [3.8, 4) is 10.7 Å². The molecule has 1 amide bonds. The topological polar surface area (TPSA) is 106 Å². The number of sulfonamides is 1. The number of anilines is 1. The molecule has 0 saturated heterocycles. The maximum Gasteiger partial charge on any atom is 0.244 e. The molecule has 0 aliphatic rings. The third-order valence-electron chi connectivity index (χ3n) is 5.34. The predicted molar refractivity (Wildman–Crippen MR) is 123 cm³/mol. The third-order valence-corrected chi connectivity index (χ3v) is 8.22. The van der Waals surface area contributed by atoms with Gasteiger partial charge in [-0.3, -0.25) is 4.79 Å². The van der Waals surface area contributed by atoms with Gasteiger partial charge in [-0.25, -0.2) is 18.4 Å². The van der Waals surface area contributed by atoms with Crippen LogP contribution in [-0.2, 0) is 21.9 Å². The number of thiazole rings is 1. The molecule has 2 aromatic heterocycles. The quantitative estimate of drug-likeness (QED) is 0.585. The van der Waals surface area contributed by atoms with Crippen LogP contribution in [0, 0.1) is 34.6 Å². The fourth-order valence-corrected chi connectivity index (χ4v) is 6.21. The molecule has 10 heteroatoms. The van der Waals surface area contributed by atoms with Crippen LogP contribution in [0.1, 0.15) is 34.9 Å². The summed E-state index contributed by atoms with van der Waals surface area (Å²) in [6, 6.07) is 0.981. The van der Waals surface area contributed by atoms with E-state index in [-0.39, 0.29) is 4.90 Å². The Balaban J connectivity index is 1.80. The molecule has 166 valence electrons. The largest absolute Gasteiger partial charge is 0.333 e. The number of imidazole rings is 1. The SMILES string of the molecule is Cc1cc(C)c(C)c(S(=O)(=O)N[C@@H](C)C(=O)Nc2nc(C)c(-c3nccn3C)s2)c1C. The van der Waals surface area contributed by atoms with Gasteiger partial charge in [0.2, 0.25) is 15.9 Å². The molecule has 2 N–H and O–H groups in total. The van der Waals surface area contributed by atoms with E-state index in [9.17, 15) is 13.2 Å². The monoisotopic (exact) mass is 461 g/mol. The average Bonchev–Trinajstić information content (AvgIpc) is 3.24. The minimum absolute atomic E-state index is 0.229. The molecule has 0 spiro atoms. The molecular formula is C21H27N5O3S2. The minimum atomic E-state index is -3.89.